The van der Waals surface area contributed by atoms with Gasteiger partial charge >= 0.3 is 0 Å². The van der Waals surface area contributed by atoms with Crippen LogP contribution in [0.3, 0.4) is 0 Å². The molecule has 82 valence electrons. The summed E-state index contributed by atoms with van der Waals surface area (Å²) in [5, 5.41) is 3.41. The van der Waals surface area contributed by atoms with E-state index in [2.05, 4.69) is 21.2 Å². The van der Waals surface area contributed by atoms with Gasteiger partial charge in [-0.25, -0.2) is 0 Å². The minimum Gasteiger partial charge on any atom is -0.397 e. The van der Waals surface area contributed by atoms with Crippen molar-refractivity contribution in [3.63, 3.8) is 0 Å². The molecule has 0 atom stereocenters. The Balaban J connectivity index is 1.94. The molecule has 1 aromatic carbocycles. The molecule has 4 heteroatoms. The maximum Gasteiger partial charge on any atom is 0.0610 e. The fraction of sp³-hybridized carbons (Fsp3) is 0.455. The normalized spacial score (nSPS) is 24.7. The van der Waals surface area contributed by atoms with E-state index in [-0.39, 0.29) is 0 Å². The Kier molecular flexibility index (Phi) is 3.17. The molecule has 1 saturated carbocycles. The summed E-state index contributed by atoms with van der Waals surface area (Å²) in [5.74, 6) is 0. The maximum atomic E-state index is 5.89. The van der Waals surface area contributed by atoms with Crippen molar-refractivity contribution in [3.8, 4) is 0 Å². The standard InChI is InChI=1S/C11H15BrN2O/c1-15-9-5-8(6-9)14-11-3-2-7(12)4-10(11)13/h2-4,8-9,14H,5-6,13H2,1H3/t8-,9-. The first-order valence-electron chi connectivity index (χ1n) is 5.03. The molecule has 3 N–H and O–H groups in total. The molecule has 0 amide bonds. The van der Waals surface area contributed by atoms with Gasteiger partial charge in [0.25, 0.3) is 0 Å². The van der Waals surface area contributed by atoms with Crippen LogP contribution in [0.25, 0.3) is 0 Å². The Morgan fingerprint density at radius 1 is 1.47 bits per heavy atom. The van der Waals surface area contributed by atoms with Crippen molar-refractivity contribution in [3.05, 3.63) is 22.7 Å². The van der Waals surface area contributed by atoms with Crippen LogP contribution < -0.4 is 11.1 Å². The topological polar surface area (TPSA) is 47.3 Å². The number of nitrogens with two attached hydrogens (primary N) is 1. The van der Waals surface area contributed by atoms with E-state index >= 15 is 0 Å². The molecule has 1 aliphatic rings. The number of nitrogen functional groups attached to an aromatic ring is 1. The zero-order valence-electron chi connectivity index (χ0n) is 8.66. The first-order valence-corrected chi connectivity index (χ1v) is 5.82. The third-order valence-electron chi connectivity index (χ3n) is 2.80. The molecule has 1 aromatic rings. The molecule has 3 nitrogen and oxygen atoms in total. The van der Waals surface area contributed by atoms with Gasteiger partial charge in [-0.1, -0.05) is 15.9 Å². The van der Waals surface area contributed by atoms with Gasteiger partial charge in [0.1, 0.15) is 0 Å². The summed E-state index contributed by atoms with van der Waals surface area (Å²) >= 11 is 3.39. The number of halogens is 1. The van der Waals surface area contributed by atoms with Gasteiger partial charge in [-0.05, 0) is 31.0 Å². The highest BCUT2D eigenvalue weighted by Crippen LogP contribution is 2.29. The Morgan fingerprint density at radius 2 is 2.20 bits per heavy atom. The Labute approximate surface area is 98.1 Å². The van der Waals surface area contributed by atoms with E-state index < -0.39 is 0 Å². The van der Waals surface area contributed by atoms with Crippen molar-refractivity contribution >= 4 is 27.3 Å². The number of rotatable bonds is 3. The van der Waals surface area contributed by atoms with Gasteiger partial charge in [0.2, 0.25) is 0 Å². The molecule has 0 bridgehead atoms. The largest absolute Gasteiger partial charge is 0.397 e. The van der Waals surface area contributed by atoms with Crippen molar-refractivity contribution in [2.24, 2.45) is 0 Å². The van der Waals surface area contributed by atoms with E-state index in [0.29, 0.717) is 12.1 Å². The van der Waals surface area contributed by atoms with Gasteiger partial charge < -0.3 is 15.8 Å². The molecule has 0 spiro atoms. The molecule has 2 rings (SSSR count). The summed E-state index contributed by atoms with van der Waals surface area (Å²) in [5.41, 5.74) is 7.69. The molecule has 1 fully saturated rings. The average molecular weight is 271 g/mol. The predicted molar refractivity (Wildman–Crippen MR) is 66.0 cm³/mol. The van der Waals surface area contributed by atoms with Gasteiger partial charge in [-0.2, -0.15) is 0 Å². The van der Waals surface area contributed by atoms with Gasteiger partial charge in [-0.3, -0.25) is 0 Å². The number of methoxy groups -OCH3 is 1. The van der Waals surface area contributed by atoms with Crippen LogP contribution in [0, 0.1) is 0 Å². The van der Waals surface area contributed by atoms with E-state index in [1.54, 1.807) is 7.11 Å². The lowest BCUT2D eigenvalue weighted by atomic mass is 9.89. The number of benzene rings is 1. The van der Waals surface area contributed by atoms with Crippen LogP contribution >= 0.6 is 15.9 Å². The highest BCUT2D eigenvalue weighted by molar-refractivity contribution is 9.10. The van der Waals surface area contributed by atoms with Gasteiger partial charge in [0.15, 0.2) is 0 Å². The molecule has 0 saturated heterocycles. The van der Waals surface area contributed by atoms with Crippen LogP contribution in [0.15, 0.2) is 22.7 Å². The van der Waals surface area contributed by atoms with Gasteiger partial charge in [-0.15, -0.1) is 0 Å². The van der Waals surface area contributed by atoms with E-state index in [1.807, 2.05) is 18.2 Å². The Morgan fingerprint density at radius 3 is 2.80 bits per heavy atom. The molecule has 0 unspecified atom stereocenters. The molecule has 0 heterocycles. The van der Waals surface area contributed by atoms with E-state index in [4.69, 9.17) is 10.5 Å². The highest BCUT2D eigenvalue weighted by atomic mass is 79.9. The minimum atomic E-state index is 0.416. The second-order valence-electron chi connectivity index (χ2n) is 3.90. The lowest BCUT2D eigenvalue weighted by Crippen LogP contribution is -2.40. The molecule has 0 aliphatic heterocycles. The van der Waals surface area contributed by atoms with Crippen molar-refractivity contribution in [2.45, 2.75) is 25.0 Å². The minimum absolute atomic E-state index is 0.416. The molecular weight excluding hydrogens is 256 g/mol. The smallest absolute Gasteiger partial charge is 0.0610 e. The van der Waals surface area contributed by atoms with Crippen molar-refractivity contribution in [1.29, 1.82) is 0 Å². The van der Waals surface area contributed by atoms with Crippen LogP contribution in [0.5, 0.6) is 0 Å². The lowest BCUT2D eigenvalue weighted by molar-refractivity contribution is 0.0329. The number of hydrogen-bond donors (Lipinski definition) is 2. The van der Waals surface area contributed by atoms with Crippen molar-refractivity contribution in [2.75, 3.05) is 18.2 Å². The average Bonchev–Trinajstić information content (AvgIpc) is 2.13. The summed E-state index contributed by atoms with van der Waals surface area (Å²) in [4.78, 5) is 0. The van der Waals surface area contributed by atoms with E-state index in [0.717, 1.165) is 28.7 Å². The zero-order valence-corrected chi connectivity index (χ0v) is 10.3. The van der Waals surface area contributed by atoms with Crippen molar-refractivity contribution in [1.82, 2.24) is 0 Å². The van der Waals surface area contributed by atoms with E-state index in [9.17, 15) is 0 Å². The van der Waals surface area contributed by atoms with Crippen molar-refractivity contribution < 1.29 is 4.74 Å². The first-order chi connectivity index (χ1) is 7.19. The van der Waals surface area contributed by atoms with Gasteiger partial charge in [0.05, 0.1) is 17.5 Å². The second kappa shape index (κ2) is 4.41. The van der Waals surface area contributed by atoms with Gasteiger partial charge in [0, 0.05) is 17.6 Å². The summed E-state index contributed by atoms with van der Waals surface area (Å²) < 4.78 is 6.23. The predicted octanol–water partition coefficient (Wildman–Crippen LogP) is 2.62. The maximum absolute atomic E-state index is 5.89. The monoisotopic (exact) mass is 270 g/mol. The second-order valence-corrected chi connectivity index (χ2v) is 4.82. The van der Waals surface area contributed by atoms with Crippen LogP contribution in [-0.4, -0.2) is 19.3 Å². The summed E-state index contributed by atoms with van der Waals surface area (Å²) in [6.45, 7) is 0. The Hall–Kier alpha value is -0.740. The van der Waals surface area contributed by atoms with Crippen LogP contribution in [0.1, 0.15) is 12.8 Å². The summed E-state index contributed by atoms with van der Waals surface area (Å²) in [6.07, 6.45) is 2.54. The van der Waals surface area contributed by atoms with Crippen LogP contribution in [0.4, 0.5) is 11.4 Å². The Bertz CT molecular complexity index is 350. The summed E-state index contributed by atoms with van der Waals surface area (Å²) in [7, 11) is 1.76. The first kappa shape index (κ1) is 10.8. The zero-order chi connectivity index (χ0) is 10.8. The number of hydrogen-bond acceptors (Lipinski definition) is 3. The summed E-state index contributed by atoms with van der Waals surface area (Å²) in [6, 6.07) is 6.40. The van der Waals surface area contributed by atoms with E-state index in [1.165, 1.54) is 0 Å². The number of nitrogens with one attached hydrogen (secondary N) is 1. The molecule has 15 heavy (non-hydrogen) atoms. The molecule has 0 radical (unpaired) electrons. The fourth-order valence-corrected chi connectivity index (χ4v) is 2.14. The molecule has 0 aromatic heterocycles. The number of ether oxygens (including phenoxy) is 1. The lowest BCUT2D eigenvalue weighted by Gasteiger charge is -2.35. The SMILES string of the molecule is CO[C@H]1C[C@H](Nc2ccc(Br)cc2N)C1. The highest BCUT2D eigenvalue weighted by Gasteiger charge is 2.28. The fourth-order valence-electron chi connectivity index (χ4n) is 1.76. The number of anilines is 2. The third-order valence-corrected chi connectivity index (χ3v) is 3.29. The molecular formula is C11H15BrN2O. The van der Waals surface area contributed by atoms with Crippen LogP contribution in [-0.2, 0) is 4.74 Å². The molecule has 1 aliphatic carbocycles. The quantitative estimate of drug-likeness (QED) is 0.831. The third kappa shape index (κ3) is 2.44. The van der Waals surface area contributed by atoms with Crippen LogP contribution in [0.2, 0.25) is 0 Å².